The first-order valence-electron chi connectivity index (χ1n) is 16.1. The van der Waals surface area contributed by atoms with E-state index in [-0.39, 0.29) is 18.7 Å². The van der Waals surface area contributed by atoms with Gasteiger partial charge in [0.15, 0.2) is 0 Å². The Morgan fingerprint density at radius 1 is 0.765 bits per heavy atom. The summed E-state index contributed by atoms with van der Waals surface area (Å²) in [6.07, 6.45) is -2.68. The molecular weight excluding hydrogens is 668 g/mol. The predicted molar refractivity (Wildman–Crippen MR) is 183 cm³/mol. The van der Waals surface area contributed by atoms with Crippen LogP contribution in [-0.4, -0.2) is 100 Å². The van der Waals surface area contributed by atoms with Gasteiger partial charge in [0.25, 0.3) is 11.6 Å². The molecule has 0 fully saturated rings. The number of nitrogens with zero attached hydrogens (tertiary/aromatic N) is 1. The van der Waals surface area contributed by atoms with Crippen LogP contribution in [0.4, 0.5) is 5.69 Å². The van der Waals surface area contributed by atoms with Crippen LogP contribution in [0.2, 0.25) is 0 Å². The maximum Gasteiger partial charge on any atom is 0.269 e. The van der Waals surface area contributed by atoms with Gasteiger partial charge in [0.1, 0.15) is 24.2 Å². The fourth-order valence-electron chi connectivity index (χ4n) is 4.69. The molecule has 0 aliphatic carbocycles. The van der Waals surface area contributed by atoms with Crippen molar-refractivity contribution in [2.45, 2.75) is 77.0 Å². The number of hydrogen-bond acceptors (Lipinski definition) is 11. The van der Waals surface area contributed by atoms with Gasteiger partial charge in [-0.15, -0.1) is 0 Å². The molecule has 2 aromatic rings. The number of nitrogens with one attached hydrogen (secondary N) is 6. The van der Waals surface area contributed by atoms with Gasteiger partial charge in [-0.1, -0.05) is 44.2 Å². The fourth-order valence-corrected chi connectivity index (χ4v) is 4.69. The maximum atomic E-state index is 13.2. The van der Waals surface area contributed by atoms with E-state index in [2.05, 4.69) is 31.9 Å². The lowest BCUT2D eigenvalue weighted by atomic mass is 10.0. The third-order valence-electron chi connectivity index (χ3n) is 7.58. The average molecular weight is 715 g/mol. The molecule has 0 bridgehead atoms. The highest BCUT2D eigenvalue weighted by Gasteiger charge is 2.34. The van der Waals surface area contributed by atoms with Crippen molar-refractivity contribution in [1.82, 2.24) is 31.9 Å². The molecule has 0 radical (unpaired) electrons. The Hall–Kier alpha value is -5.46. The number of primary amides is 1. The van der Waals surface area contributed by atoms with Gasteiger partial charge in [-0.05, 0) is 50.4 Å². The molecule has 0 spiro atoms. The van der Waals surface area contributed by atoms with Crippen LogP contribution in [0.25, 0.3) is 0 Å². The van der Waals surface area contributed by atoms with Crippen molar-refractivity contribution in [3.8, 4) is 0 Å². The molecular formula is C33H46N8O10. The van der Waals surface area contributed by atoms with Crippen molar-refractivity contribution in [3.05, 3.63) is 75.8 Å². The molecule has 2 rings (SSSR count). The molecule has 51 heavy (non-hydrogen) atoms. The summed E-state index contributed by atoms with van der Waals surface area (Å²) >= 11 is 0. The van der Waals surface area contributed by atoms with Gasteiger partial charge in [-0.2, -0.15) is 0 Å². The van der Waals surface area contributed by atoms with Gasteiger partial charge in [-0.3, -0.25) is 38.9 Å². The second-order valence-electron chi connectivity index (χ2n) is 12.1. The Morgan fingerprint density at radius 2 is 1.33 bits per heavy atom. The van der Waals surface area contributed by atoms with Crippen molar-refractivity contribution < 1.29 is 43.9 Å². The predicted octanol–water partition coefficient (Wildman–Crippen LogP) is -1.65. The summed E-state index contributed by atoms with van der Waals surface area (Å²) in [5, 5.41) is 46.1. The third-order valence-corrected chi connectivity index (χ3v) is 7.58. The van der Waals surface area contributed by atoms with Gasteiger partial charge in [0.05, 0.1) is 23.7 Å². The molecule has 0 heterocycles. The Kier molecular flexibility index (Phi) is 16.6. The normalized spacial score (nSPS) is 14.5. The molecule has 2 aromatic carbocycles. The number of nitro groups is 1. The Bertz CT molecular complexity index is 1520. The molecule has 6 amide bonds. The smallest absolute Gasteiger partial charge is 0.269 e. The molecule has 18 nitrogen and oxygen atoms in total. The number of aliphatic hydroxyl groups excluding tert-OH is 2. The summed E-state index contributed by atoms with van der Waals surface area (Å²) in [5.41, 5.74) is 6.22. The van der Waals surface area contributed by atoms with Crippen LogP contribution in [0.1, 0.15) is 50.0 Å². The van der Waals surface area contributed by atoms with Gasteiger partial charge in [0, 0.05) is 24.2 Å². The SMILES string of the molecule is CC(C)[C@H](NC(=O)[C@@H](NC(=O)CNC(=O)[C@H](CCNCc1ccc([N+](=O)[O-])cc1)NC(=O)c1ccccc1)[C@@H](C)O)C(=O)N[C@H](C(N)=O)[C@@H](C)O. The standard InChI is InChI=1S/C33H46N8O10/c1-18(2)26(32(48)40-27(19(3)42)29(34)45)39-33(49)28(20(4)43)38-25(44)17-36-31(47)24(37-30(46)22-8-6-5-7-9-22)14-15-35-16-21-10-12-23(13-11-21)41(50)51/h5-13,18-20,24,26-28,35,42-43H,14-17H2,1-4H3,(H2,34,45)(H,36,47)(H,37,46)(H,38,44)(H,39,49)(H,40,48)/t19-,20-,24+,26+,27+,28+/m1/s1. The first-order valence-corrected chi connectivity index (χ1v) is 16.1. The number of hydrogen-bond donors (Lipinski definition) is 9. The lowest BCUT2D eigenvalue weighted by Crippen LogP contribution is -2.61. The molecule has 278 valence electrons. The fraction of sp³-hybridized carbons (Fsp3) is 0.455. The summed E-state index contributed by atoms with van der Waals surface area (Å²) in [5.74, 6) is -5.45. The first kappa shape index (κ1) is 41.7. The van der Waals surface area contributed by atoms with Gasteiger partial charge < -0.3 is 47.8 Å². The van der Waals surface area contributed by atoms with E-state index in [0.717, 1.165) is 5.56 Å². The number of nitrogens with two attached hydrogens (primary N) is 1. The van der Waals surface area contributed by atoms with Gasteiger partial charge >= 0.3 is 0 Å². The maximum absolute atomic E-state index is 13.2. The average Bonchev–Trinajstić information content (AvgIpc) is 3.08. The van der Waals surface area contributed by atoms with Gasteiger partial charge in [-0.25, -0.2) is 0 Å². The quantitative estimate of drug-likeness (QED) is 0.0425. The highest BCUT2D eigenvalue weighted by atomic mass is 16.6. The van der Waals surface area contributed by atoms with Crippen LogP contribution >= 0.6 is 0 Å². The molecule has 10 N–H and O–H groups in total. The largest absolute Gasteiger partial charge is 0.391 e. The highest BCUT2D eigenvalue weighted by molar-refractivity contribution is 5.98. The minimum absolute atomic E-state index is 0.0561. The monoisotopic (exact) mass is 714 g/mol. The molecule has 0 saturated carbocycles. The number of nitro benzene ring substituents is 1. The highest BCUT2D eigenvalue weighted by Crippen LogP contribution is 2.12. The lowest BCUT2D eigenvalue weighted by Gasteiger charge is -2.28. The summed E-state index contributed by atoms with van der Waals surface area (Å²) in [7, 11) is 0. The minimum atomic E-state index is -1.57. The van der Waals surface area contributed by atoms with E-state index in [9.17, 15) is 49.1 Å². The molecule has 18 heteroatoms. The zero-order valence-electron chi connectivity index (χ0n) is 28.8. The topological polar surface area (TPSA) is 284 Å². The zero-order valence-corrected chi connectivity index (χ0v) is 28.8. The van der Waals surface area contributed by atoms with E-state index in [1.165, 1.54) is 26.0 Å². The summed E-state index contributed by atoms with van der Waals surface area (Å²) < 4.78 is 0. The van der Waals surface area contributed by atoms with Crippen molar-refractivity contribution in [2.75, 3.05) is 13.1 Å². The number of benzene rings is 2. The van der Waals surface area contributed by atoms with E-state index < -0.39 is 89.2 Å². The van der Waals surface area contributed by atoms with Crippen molar-refractivity contribution in [3.63, 3.8) is 0 Å². The molecule has 6 atom stereocenters. The molecule has 0 aromatic heterocycles. The molecule has 0 aliphatic rings. The Balaban J connectivity index is 2.05. The van der Waals surface area contributed by atoms with Crippen molar-refractivity contribution >= 4 is 41.1 Å². The summed E-state index contributed by atoms with van der Waals surface area (Å²) in [4.78, 5) is 86.9. The number of aliphatic hydroxyl groups is 2. The summed E-state index contributed by atoms with van der Waals surface area (Å²) in [6.45, 7) is 5.55. The second kappa shape index (κ2) is 20.3. The molecule has 0 saturated heterocycles. The first-order chi connectivity index (χ1) is 24.0. The second-order valence-corrected chi connectivity index (χ2v) is 12.1. The number of carbonyl (C=O) groups is 6. The minimum Gasteiger partial charge on any atom is -0.391 e. The number of rotatable bonds is 20. The third kappa shape index (κ3) is 13.8. The molecule has 0 unspecified atom stereocenters. The van der Waals surface area contributed by atoms with Crippen LogP contribution in [0.3, 0.4) is 0 Å². The van der Waals surface area contributed by atoms with Crippen LogP contribution in [-0.2, 0) is 30.5 Å². The van der Waals surface area contributed by atoms with Crippen LogP contribution < -0.4 is 37.6 Å². The lowest BCUT2D eigenvalue weighted by molar-refractivity contribution is -0.384. The number of carbonyl (C=O) groups excluding carboxylic acids is 6. The summed E-state index contributed by atoms with van der Waals surface area (Å²) in [6, 6.07) is 8.68. The van der Waals surface area contributed by atoms with Crippen LogP contribution in [0, 0.1) is 16.0 Å². The zero-order chi connectivity index (χ0) is 38.2. The van der Waals surface area contributed by atoms with E-state index in [1.807, 2.05) is 0 Å². The van der Waals surface area contributed by atoms with Crippen LogP contribution in [0.5, 0.6) is 0 Å². The van der Waals surface area contributed by atoms with E-state index >= 15 is 0 Å². The van der Waals surface area contributed by atoms with Crippen molar-refractivity contribution in [2.24, 2.45) is 11.7 Å². The molecule has 0 aliphatic heterocycles. The Morgan fingerprint density at radius 3 is 1.86 bits per heavy atom. The van der Waals surface area contributed by atoms with E-state index in [4.69, 9.17) is 5.73 Å². The van der Waals surface area contributed by atoms with Crippen LogP contribution in [0.15, 0.2) is 54.6 Å². The Labute approximate surface area is 294 Å². The van der Waals surface area contributed by atoms with E-state index in [1.54, 1.807) is 56.3 Å². The number of non-ortho nitro benzene ring substituents is 1. The van der Waals surface area contributed by atoms with Gasteiger partial charge in [0.2, 0.25) is 29.5 Å². The van der Waals surface area contributed by atoms with E-state index in [0.29, 0.717) is 12.1 Å². The number of amides is 6. The van der Waals surface area contributed by atoms with Crippen molar-refractivity contribution in [1.29, 1.82) is 0 Å².